The van der Waals surface area contributed by atoms with Gasteiger partial charge < -0.3 is 9.64 Å². The summed E-state index contributed by atoms with van der Waals surface area (Å²) in [5, 5.41) is 0. The lowest BCUT2D eigenvalue weighted by atomic mass is 10.1. The topological polar surface area (TPSA) is 29.5 Å². The summed E-state index contributed by atoms with van der Waals surface area (Å²) in [5.41, 5.74) is -1.31. The van der Waals surface area contributed by atoms with Crippen LogP contribution in [-0.4, -0.2) is 37.6 Å². The smallest absolute Gasteiger partial charge is 0.380 e. The van der Waals surface area contributed by atoms with Crippen LogP contribution in [0, 0.1) is 0 Å². The predicted molar refractivity (Wildman–Crippen MR) is 72.6 cm³/mol. The molecule has 0 radical (unpaired) electrons. The number of hydrogen-bond acceptors (Lipinski definition) is 2. The minimum absolute atomic E-state index is 0.236. The summed E-state index contributed by atoms with van der Waals surface area (Å²) in [6.45, 7) is 2.82. The highest BCUT2D eigenvalue weighted by Crippen LogP contribution is 2.34. The molecule has 1 rings (SSSR count). The van der Waals surface area contributed by atoms with E-state index in [1.54, 1.807) is 6.92 Å². The number of nitrogens with zero attached hydrogens (tertiary/aromatic N) is 1. The van der Waals surface area contributed by atoms with Gasteiger partial charge in [0.25, 0.3) is 5.91 Å². The molecule has 0 saturated carbocycles. The molecule has 3 nitrogen and oxygen atoms in total. The maximum absolute atomic E-state index is 12.9. The van der Waals surface area contributed by atoms with Crippen molar-refractivity contribution in [2.45, 2.75) is 13.1 Å². The zero-order valence-corrected chi connectivity index (χ0v) is 12.7. The summed E-state index contributed by atoms with van der Waals surface area (Å²) in [5.74, 6) is -0.676. The van der Waals surface area contributed by atoms with Gasteiger partial charge >= 0.3 is 6.18 Å². The molecule has 20 heavy (non-hydrogen) atoms. The Morgan fingerprint density at radius 3 is 2.60 bits per heavy atom. The Hall–Kier alpha value is -1.08. The predicted octanol–water partition coefficient (Wildman–Crippen LogP) is 3.58. The SMILES string of the molecule is CCOCCN(C)C(=O)c1ccc(Br)cc1C(F)(F)F. The van der Waals surface area contributed by atoms with E-state index in [0.717, 1.165) is 6.07 Å². The molecule has 7 heteroatoms. The number of carbonyl (C=O) groups is 1. The summed E-state index contributed by atoms with van der Waals surface area (Å²) in [4.78, 5) is 13.3. The van der Waals surface area contributed by atoms with E-state index in [4.69, 9.17) is 4.74 Å². The second-order valence-corrected chi connectivity index (χ2v) is 5.03. The number of carbonyl (C=O) groups excluding carboxylic acids is 1. The summed E-state index contributed by atoms with van der Waals surface area (Å²) < 4.78 is 44.2. The molecule has 0 fully saturated rings. The molecule has 0 atom stereocenters. The molecule has 0 aliphatic heterocycles. The van der Waals surface area contributed by atoms with Gasteiger partial charge in [0.05, 0.1) is 17.7 Å². The fourth-order valence-corrected chi connectivity index (χ4v) is 1.95. The Labute approximate surface area is 123 Å². The molecule has 0 saturated heterocycles. The average Bonchev–Trinajstić information content (AvgIpc) is 2.37. The van der Waals surface area contributed by atoms with E-state index in [0.29, 0.717) is 6.61 Å². The monoisotopic (exact) mass is 353 g/mol. The number of likely N-dealkylation sites (N-methyl/N-ethyl adjacent to an activating group) is 1. The second-order valence-electron chi connectivity index (χ2n) is 4.11. The lowest BCUT2D eigenvalue weighted by Crippen LogP contribution is -2.31. The molecule has 0 aromatic heterocycles. The van der Waals surface area contributed by atoms with Gasteiger partial charge in [0.1, 0.15) is 0 Å². The molecular formula is C13H15BrF3NO2. The van der Waals surface area contributed by atoms with Crippen LogP contribution < -0.4 is 0 Å². The van der Waals surface area contributed by atoms with Crippen LogP contribution in [0.1, 0.15) is 22.8 Å². The Kier molecular flexibility index (Phi) is 6.01. The van der Waals surface area contributed by atoms with E-state index < -0.39 is 17.6 Å². The fraction of sp³-hybridized carbons (Fsp3) is 0.462. The quantitative estimate of drug-likeness (QED) is 0.757. The van der Waals surface area contributed by atoms with Crippen molar-refractivity contribution in [1.29, 1.82) is 0 Å². The van der Waals surface area contributed by atoms with Gasteiger partial charge in [-0.1, -0.05) is 15.9 Å². The largest absolute Gasteiger partial charge is 0.417 e. The molecule has 112 valence electrons. The standard InChI is InChI=1S/C13H15BrF3NO2/c1-3-20-7-6-18(2)12(19)10-5-4-9(14)8-11(10)13(15,16)17/h4-5,8H,3,6-7H2,1-2H3. The maximum atomic E-state index is 12.9. The Morgan fingerprint density at radius 2 is 2.05 bits per heavy atom. The molecule has 0 N–H and O–H groups in total. The van der Waals surface area contributed by atoms with Crippen molar-refractivity contribution in [3.63, 3.8) is 0 Å². The Morgan fingerprint density at radius 1 is 1.40 bits per heavy atom. The molecule has 1 aromatic rings. The summed E-state index contributed by atoms with van der Waals surface area (Å²) in [7, 11) is 1.45. The minimum atomic E-state index is -4.57. The highest BCUT2D eigenvalue weighted by Gasteiger charge is 2.36. The highest BCUT2D eigenvalue weighted by atomic mass is 79.9. The summed E-state index contributed by atoms with van der Waals surface area (Å²) in [6, 6.07) is 3.49. The lowest BCUT2D eigenvalue weighted by molar-refractivity contribution is -0.138. The Balaban J connectivity index is 2.98. The molecule has 0 unspecified atom stereocenters. The van der Waals surface area contributed by atoms with Gasteiger partial charge in [0.2, 0.25) is 0 Å². The third-order valence-corrected chi connectivity index (χ3v) is 3.13. The first-order valence-corrected chi connectivity index (χ1v) is 6.76. The Bertz CT molecular complexity index is 477. The van der Waals surface area contributed by atoms with E-state index >= 15 is 0 Å². The number of alkyl halides is 3. The number of amides is 1. The number of halogens is 4. The van der Waals surface area contributed by atoms with Gasteiger partial charge in [-0.3, -0.25) is 4.79 Å². The van der Waals surface area contributed by atoms with E-state index in [1.807, 2.05) is 0 Å². The molecule has 1 aromatic carbocycles. The first-order valence-electron chi connectivity index (χ1n) is 5.97. The normalized spacial score (nSPS) is 11.5. The van der Waals surface area contributed by atoms with Crippen LogP contribution in [-0.2, 0) is 10.9 Å². The van der Waals surface area contributed by atoms with Crippen LogP contribution in [0.5, 0.6) is 0 Å². The van der Waals surface area contributed by atoms with Crippen molar-refractivity contribution in [2.24, 2.45) is 0 Å². The second kappa shape index (κ2) is 7.08. The van der Waals surface area contributed by atoms with Crippen molar-refractivity contribution < 1.29 is 22.7 Å². The van der Waals surface area contributed by atoms with Crippen LogP contribution in [0.3, 0.4) is 0 Å². The van der Waals surface area contributed by atoms with Crippen LogP contribution in [0.15, 0.2) is 22.7 Å². The van der Waals surface area contributed by atoms with Crippen molar-refractivity contribution >= 4 is 21.8 Å². The molecular weight excluding hydrogens is 339 g/mol. The van der Waals surface area contributed by atoms with E-state index in [2.05, 4.69) is 15.9 Å². The number of hydrogen-bond donors (Lipinski definition) is 0. The highest BCUT2D eigenvalue weighted by molar-refractivity contribution is 9.10. The lowest BCUT2D eigenvalue weighted by Gasteiger charge is -2.20. The van der Waals surface area contributed by atoms with E-state index in [1.165, 1.54) is 24.1 Å². The zero-order valence-electron chi connectivity index (χ0n) is 11.1. The fourth-order valence-electron chi connectivity index (χ4n) is 1.59. The number of rotatable bonds is 5. The summed E-state index contributed by atoms with van der Waals surface area (Å²) in [6.07, 6.45) is -4.57. The van der Waals surface area contributed by atoms with Gasteiger partial charge in [0, 0.05) is 24.7 Å². The van der Waals surface area contributed by atoms with Crippen molar-refractivity contribution in [3.05, 3.63) is 33.8 Å². The van der Waals surface area contributed by atoms with Gasteiger partial charge in [0.15, 0.2) is 0 Å². The molecule has 0 aliphatic carbocycles. The van der Waals surface area contributed by atoms with Gasteiger partial charge in [-0.2, -0.15) is 13.2 Å². The summed E-state index contributed by atoms with van der Waals surface area (Å²) >= 11 is 2.98. The third-order valence-electron chi connectivity index (χ3n) is 2.64. The van der Waals surface area contributed by atoms with Crippen molar-refractivity contribution in [2.75, 3.05) is 26.8 Å². The maximum Gasteiger partial charge on any atom is 0.417 e. The minimum Gasteiger partial charge on any atom is -0.380 e. The number of benzene rings is 1. The number of ether oxygens (including phenoxy) is 1. The van der Waals surface area contributed by atoms with Crippen molar-refractivity contribution in [1.82, 2.24) is 4.90 Å². The average molecular weight is 354 g/mol. The van der Waals surface area contributed by atoms with E-state index in [9.17, 15) is 18.0 Å². The van der Waals surface area contributed by atoms with Crippen LogP contribution in [0.25, 0.3) is 0 Å². The van der Waals surface area contributed by atoms with Crippen LogP contribution in [0.2, 0.25) is 0 Å². The first kappa shape index (κ1) is 17.0. The molecule has 0 aliphatic rings. The van der Waals surface area contributed by atoms with Crippen LogP contribution >= 0.6 is 15.9 Å². The first-order chi connectivity index (χ1) is 9.27. The molecule has 1 amide bonds. The molecule has 0 heterocycles. The van der Waals surface area contributed by atoms with E-state index in [-0.39, 0.29) is 23.2 Å². The van der Waals surface area contributed by atoms with Gasteiger partial charge in [-0.25, -0.2) is 0 Å². The van der Waals surface area contributed by atoms with Crippen LogP contribution in [0.4, 0.5) is 13.2 Å². The zero-order chi connectivity index (χ0) is 15.3. The van der Waals surface area contributed by atoms with Crippen molar-refractivity contribution in [3.8, 4) is 0 Å². The van der Waals surface area contributed by atoms with Gasteiger partial charge in [-0.15, -0.1) is 0 Å². The van der Waals surface area contributed by atoms with Gasteiger partial charge in [-0.05, 0) is 25.1 Å². The molecule has 0 bridgehead atoms. The molecule has 0 spiro atoms. The third kappa shape index (κ3) is 4.49.